The van der Waals surface area contributed by atoms with Crippen molar-refractivity contribution in [2.75, 3.05) is 0 Å². The van der Waals surface area contributed by atoms with Crippen molar-refractivity contribution in [2.45, 2.75) is 20.4 Å². The quantitative estimate of drug-likeness (QED) is 0.799. The molecule has 0 spiro atoms. The summed E-state index contributed by atoms with van der Waals surface area (Å²) in [5, 5.41) is 2.84. The number of carbonyl (C=O) groups excluding carboxylic acids is 1. The lowest BCUT2D eigenvalue weighted by Crippen LogP contribution is -2.22. The van der Waals surface area contributed by atoms with Gasteiger partial charge in [-0.1, -0.05) is 0 Å². The highest BCUT2D eigenvalue weighted by Gasteiger charge is 2.08. The number of rotatable bonds is 4. The van der Waals surface area contributed by atoms with E-state index in [9.17, 15) is 4.79 Å². The number of benzene rings is 1. The highest BCUT2D eigenvalue weighted by Crippen LogP contribution is 2.17. The third kappa shape index (κ3) is 2.81. The van der Waals surface area contributed by atoms with Crippen molar-refractivity contribution >= 4 is 5.91 Å². The smallest absolute Gasteiger partial charge is 0.251 e. The Labute approximate surface area is 129 Å². The van der Waals surface area contributed by atoms with E-state index in [0.717, 1.165) is 11.4 Å². The third-order valence-electron chi connectivity index (χ3n) is 3.66. The molecular weight excluding hydrogens is 276 g/mol. The largest absolute Gasteiger partial charge is 0.467 e. The Morgan fingerprint density at radius 1 is 1.05 bits per heavy atom. The van der Waals surface area contributed by atoms with Crippen molar-refractivity contribution in [1.82, 2.24) is 9.88 Å². The van der Waals surface area contributed by atoms with Gasteiger partial charge in [0, 0.05) is 22.6 Å². The van der Waals surface area contributed by atoms with Crippen LogP contribution in [0.2, 0.25) is 0 Å². The van der Waals surface area contributed by atoms with Crippen molar-refractivity contribution < 1.29 is 9.21 Å². The molecule has 4 nitrogen and oxygen atoms in total. The molecule has 3 aromatic rings. The fraction of sp³-hybridized carbons (Fsp3) is 0.167. The Balaban J connectivity index is 1.72. The molecular formula is C18H18N2O2. The van der Waals surface area contributed by atoms with Crippen LogP contribution in [0, 0.1) is 13.8 Å². The van der Waals surface area contributed by atoms with Gasteiger partial charge in [0.25, 0.3) is 5.91 Å². The zero-order valence-corrected chi connectivity index (χ0v) is 12.7. The summed E-state index contributed by atoms with van der Waals surface area (Å²) in [5.74, 6) is 0.632. The molecule has 0 unspecified atom stereocenters. The number of nitrogens with zero attached hydrogens (tertiary/aromatic N) is 1. The molecule has 22 heavy (non-hydrogen) atoms. The Morgan fingerprint density at radius 2 is 1.73 bits per heavy atom. The maximum absolute atomic E-state index is 12.1. The molecule has 0 atom stereocenters. The van der Waals surface area contributed by atoms with Crippen LogP contribution < -0.4 is 5.32 Å². The van der Waals surface area contributed by atoms with Crippen molar-refractivity contribution in [1.29, 1.82) is 0 Å². The molecule has 4 heteroatoms. The van der Waals surface area contributed by atoms with Crippen LogP contribution in [0.15, 0.2) is 59.2 Å². The summed E-state index contributed by atoms with van der Waals surface area (Å²) in [6, 6.07) is 15.4. The van der Waals surface area contributed by atoms with Gasteiger partial charge in [0.05, 0.1) is 12.8 Å². The molecule has 0 bridgehead atoms. The third-order valence-corrected chi connectivity index (χ3v) is 3.66. The first-order valence-electron chi connectivity index (χ1n) is 7.21. The molecule has 2 heterocycles. The summed E-state index contributed by atoms with van der Waals surface area (Å²) < 4.78 is 7.35. The van der Waals surface area contributed by atoms with Crippen molar-refractivity contribution in [2.24, 2.45) is 0 Å². The second kappa shape index (κ2) is 5.93. The molecule has 1 amide bonds. The van der Waals surface area contributed by atoms with Gasteiger partial charge < -0.3 is 14.3 Å². The van der Waals surface area contributed by atoms with Crippen molar-refractivity contribution in [3.63, 3.8) is 0 Å². The number of aryl methyl sites for hydroxylation is 2. The van der Waals surface area contributed by atoms with E-state index >= 15 is 0 Å². The van der Waals surface area contributed by atoms with E-state index in [2.05, 4.69) is 35.9 Å². The number of hydrogen-bond acceptors (Lipinski definition) is 2. The lowest BCUT2D eigenvalue weighted by molar-refractivity contribution is 0.0948. The van der Waals surface area contributed by atoms with Gasteiger partial charge >= 0.3 is 0 Å². The van der Waals surface area contributed by atoms with E-state index in [4.69, 9.17) is 4.42 Å². The molecule has 0 fully saturated rings. The van der Waals surface area contributed by atoms with Gasteiger partial charge in [0.15, 0.2) is 0 Å². The van der Waals surface area contributed by atoms with Crippen LogP contribution in [0.1, 0.15) is 27.5 Å². The van der Waals surface area contributed by atoms with Gasteiger partial charge in [0.1, 0.15) is 5.76 Å². The number of aromatic nitrogens is 1. The summed E-state index contributed by atoms with van der Waals surface area (Å²) in [6.45, 7) is 4.53. The van der Waals surface area contributed by atoms with Crippen LogP contribution in [0.4, 0.5) is 0 Å². The predicted molar refractivity (Wildman–Crippen MR) is 85.1 cm³/mol. The molecule has 0 saturated heterocycles. The van der Waals surface area contributed by atoms with Crippen LogP contribution in [0.25, 0.3) is 5.69 Å². The molecule has 112 valence electrons. The Hall–Kier alpha value is -2.75. The van der Waals surface area contributed by atoms with Gasteiger partial charge in [-0.15, -0.1) is 0 Å². The van der Waals surface area contributed by atoms with E-state index < -0.39 is 0 Å². The number of nitrogens with one attached hydrogen (secondary N) is 1. The summed E-state index contributed by atoms with van der Waals surface area (Å²) >= 11 is 0. The summed E-state index contributed by atoms with van der Waals surface area (Å²) in [4.78, 5) is 12.1. The molecule has 0 aliphatic carbocycles. The molecule has 0 aliphatic heterocycles. The zero-order chi connectivity index (χ0) is 15.5. The van der Waals surface area contributed by atoms with Gasteiger partial charge in [-0.25, -0.2) is 0 Å². The molecule has 3 rings (SSSR count). The Morgan fingerprint density at radius 3 is 2.32 bits per heavy atom. The molecule has 0 radical (unpaired) electrons. The second-order valence-corrected chi connectivity index (χ2v) is 5.26. The summed E-state index contributed by atoms with van der Waals surface area (Å²) in [6.07, 6.45) is 1.60. The molecule has 0 aliphatic rings. The topological polar surface area (TPSA) is 47.2 Å². The van der Waals surface area contributed by atoms with E-state index in [1.165, 1.54) is 11.4 Å². The molecule has 1 N–H and O–H groups in total. The van der Waals surface area contributed by atoms with E-state index in [1.54, 1.807) is 12.3 Å². The first-order chi connectivity index (χ1) is 10.6. The summed E-state index contributed by atoms with van der Waals surface area (Å²) in [5.41, 5.74) is 4.04. The van der Waals surface area contributed by atoms with Crippen LogP contribution in [-0.2, 0) is 6.54 Å². The Kier molecular flexibility index (Phi) is 3.83. The average molecular weight is 294 g/mol. The van der Waals surface area contributed by atoms with Crippen molar-refractivity contribution in [3.05, 3.63) is 77.5 Å². The van der Waals surface area contributed by atoms with Gasteiger partial charge in [-0.05, 0) is 62.4 Å². The SMILES string of the molecule is Cc1ccc(C)n1-c1ccc(C(=O)NCc2ccco2)cc1. The van der Waals surface area contributed by atoms with Crippen LogP contribution in [0.3, 0.4) is 0 Å². The van der Waals surface area contributed by atoms with Crippen LogP contribution in [0.5, 0.6) is 0 Å². The minimum Gasteiger partial charge on any atom is -0.467 e. The molecule has 0 saturated carbocycles. The lowest BCUT2D eigenvalue weighted by atomic mass is 10.2. The lowest BCUT2D eigenvalue weighted by Gasteiger charge is -2.10. The summed E-state index contributed by atoms with van der Waals surface area (Å²) in [7, 11) is 0. The van der Waals surface area contributed by atoms with Gasteiger partial charge in [0.2, 0.25) is 0 Å². The Bertz CT molecular complexity index is 749. The first kappa shape index (κ1) is 14.2. The van der Waals surface area contributed by atoms with E-state index in [0.29, 0.717) is 12.1 Å². The number of hydrogen-bond donors (Lipinski definition) is 1. The molecule has 1 aromatic carbocycles. The highest BCUT2D eigenvalue weighted by molar-refractivity contribution is 5.94. The fourth-order valence-corrected chi connectivity index (χ4v) is 2.52. The zero-order valence-electron chi connectivity index (χ0n) is 12.7. The van der Waals surface area contributed by atoms with E-state index in [1.807, 2.05) is 30.3 Å². The van der Waals surface area contributed by atoms with Crippen molar-refractivity contribution in [3.8, 4) is 5.69 Å². The van der Waals surface area contributed by atoms with Crippen LogP contribution >= 0.6 is 0 Å². The number of amides is 1. The predicted octanol–water partition coefficient (Wildman–Crippen LogP) is 3.62. The maximum atomic E-state index is 12.1. The average Bonchev–Trinajstić information content (AvgIpc) is 3.15. The minimum absolute atomic E-state index is 0.107. The molecule has 2 aromatic heterocycles. The normalized spacial score (nSPS) is 10.6. The maximum Gasteiger partial charge on any atom is 0.251 e. The first-order valence-corrected chi connectivity index (χ1v) is 7.21. The number of furan rings is 1. The van der Waals surface area contributed by atoms with Crippen LogP contribution in [-0.4, -0.2) is 10.5 Å². The van der Waals surface area contributed by atoms with Gasteiger partial charge in [-0.2, -0.15) is 0 Å². The monoisotopic (exact) mass is 294 g/mol. The fourth-order valence-electron chi connectivity index (χ4n) is 2.52. The highest BCUT2D eigenvalue weighted by atomic mass is 16.3. The van der Waals surface area contributed by atoms with E-state index in [-0.39, 0.29) is 5.91 Å². The standard InChI is InChI=1S/C18H18N2O2/c1-13-5-6-14(2)20(13)16-9-7-15(8-10-16)18(21)19-12-17-4-3-11-22-17/h3-11H,12H2,1-2H3,(H,19,21). The minimum atomic E-state index is -0.107. The number of carbonyl (C=O) groups is 1. The van der Waals surface area contributed by atoms with Gasteiger partial charge in [-0.3, -0.25) is 4.79 Å². The second-order valence-electron chi connectivity index (χ2n) is 5.26.